The van der Waals surface area contributed by atoms with Crippen LogP contribution in [0.3, 0.4) is 0 Å². The minimum Gasteiger partial charge on any atom is -0.481 e. The Morgan fingerprint density at radius 1 is 1.23 bits per heavy atom. The first-order valence-corrected chi connectivity index (χ1v) is 4.09. The van der Waals surface area contributed by atoms with Crippen LogP contribution in [0.25, 0.3) is 0 Å². The number of pyridine rings is 1. The van der Waals surface area contributed by atoms with Gasteiger partial charge in [0, 0.05) is 12.1 Å². The Hall–Kier alpha value is -1.29. The molecule has 4 nitrogen and oxygen atoms in total. The molecule has 0 fully saturated rings. The lowest BCUT2D eigenvalue weighted by Crippen LogP contribution is -2.04. The molecule has 13 heavy (non-hydrogen) atoms. The van der Waals surface area contributed by atoms with Crippen molar-refractivity contribution in [2.75, 3.05) is 20.8 Å². The molecule has 0 aliphatic rings. The normalized spacial score (nSPS) is 9.77. The minimum atomic E-state index is 0.558. The van der Waals surface area contributed by atoms with Crippen LogP contribution in [-0.4, -0.2) is 25.7 Å². The van der Waals surface area contributed by atoms with Crippen molar-refractivity contribution in [3.8, 4) is 11.8 Å². The summed E-state index contributed by atoms with van der Waals surface area (Å²) in [4.78, 5) is 4.07. The van der Waals surface area contributed by atoms with Gasteiger partial charge in [0.05, 0.1) is 14.2 Å². The molecule has 0 saturated heterocycles. The van der Waals surface area contributed by atoms with E-state index in [1.54, 1.807) is 14.2 Å². The first kappa shape index (κ1) is 9.80. The zero-order chi connectivity index (χ0) is 9.68. The van der Waals surface area contributed by atoms with Crippen LogP contribution in [0.5, 0.6) is 11.8 Å². The lowest BCUT2D eigenvalue weighted by molar-refractivity contribution is 0.363. The van der Waals surface area contributed by atoms with Crippen LogP contribution >= 0.6 is 0 Å². The van der Waals surface area contributed by atoms with Gasteiger partial charge in [-0.1, -0.05) is 0 Å². The first-order valence-electron chi connectivity index (χ1n) is 4.09. The van der Waals surface area contributed by atoms with E-state index in [0.717, 1.165) is 12.0 Å². The van der Waals surface area contributed by atoms with Crippen molar-refractivity contribution in [1.29, 1.82) is 0 Å². The summed E-state index contributed by atoms with van der Waals surface area (Å²) in [5.41, 5.74) is 6.52. The quantitative estimate of drug-likeness (QED) is 0.740. The SMILES string of the molecule is COc1cc(CCN)cc(OC)n1. The Bertz CT molecular complexity index is 254. The monoisotopic (exact) mass is 182 g/mol. The second-order valence-electron chi connectivity index (χ2n) is 2.60. The molecule has 4 heteroatoms. The highest BCUT2D eigenvalue weighted by Gasteiger charge is 2.01. The largest absolute Gasteiger partial charge is 0.481 e. The molecule has 0 aliphatic carbocycles. The van der Waals surface area contributed by atoms with Crippen molar-refractivity contribution in [2.24, 2.45) is 5.73 Å². The fourth-order valence-electron chi connectivity index (χ4n) is 1.05. The van der Waals surface area contributed by atoms with E-state index in [4.69, 9.17) is 15.2 Å². The maximum atomic E-state index is 5.44. The number of methoxy groups -OCH3 is 2. The van der Waals surface area contributed by atoms with Crippen molar-refractivity contribution in [3.63, 3.8) is 0 Å². The van der Waals surface area contributed by atoms with E-state index in [1.807, 2.05) is 12.1 Å². The van der Waals surface area contributed by atoms with Gasteiger partial charge in [-0.15, -0.1) is 0 Å². The second-order valence-corrected chi connectivity index (χ2v) is 2.60. The highest BCUT2D eigenvalue weighted by atomic mass is 16.5. The standard InChI is InChI=1S/C9H14N2O2/c1-12-8-5-7(3-4-10)6-9(11-8)13-2/h5-6H,3-4,10H2,1-2H3. The Morgan fingerprint density at radius 3 is 2.15 bits per heavy atom. The number of nitrogens with two attached hydrogens (primary N) is 1. The molecule has 72 valence electrons. The Balaban J connectivity index is 2.93. The molecule has 0 saturated carbocycles. The van der Waals surface area contributed by atoms with Gasteiger partial charge in [-0.25, -0.2) is 0 Å². The molecule has 1 aromatic rings. The highest BCUT2D eigenvalue weighted by Crippen LogP contribution is 2.17. The van der Waals surface area contributed by atoms with Gasteiger partial charge in [-0.3, -0.25) is 0 Å². The Kier molecular flexibility index (Phi) is 3.52. The summed E-state index contributed by atoms with van der Waals surface area (Å²) in [5.74, 6) is 1.12. The molecule has 1 rings (SSSR count). The number of rotatable bonds is 4. The Labute approximate surface area is 77.7 Å². The summed E-state index contributed by atoms with van der Waals surface area (Å²) in [7, 11) is 3.15. The van der Waals surface area contributed by atoms with Gasteiger partial charge < -0.3 is 15.2 Å². The van der Waals surface area contributed by atoms with Crippen LogP contribution in [0.15, 0.2) is 12.1 Å². The summed E-state index contributed by atoms with van der Waals surface area (Å²) in [6.07, 6.45) is 0.801. The molecule has 0 unspecified atom stereocenters. The molecule has 0 aliphatic heterocycles. The highest BCUT2D eigenvalue weighted by molar-refractivity contribution is 5.28. The van der Waals surface area contributed by atoms with E-state index < -0.39 is 0 Å². The van der Waals surface area contributed by atoms with Crippen molar-refractivity contribution < 1.29 is 9.47 Å². The molecule has 1 heterocycles. The summed E-state index contributed by atoms with van der Waals surface area (Å²) in [5, 5.41) is 0. The van der Waals surface area contributed by atoms with E-state index in [0.29, 0.717) is 18.3 Å². The van der Waals surface area contributed by atoms with Gasteiger partial charge in [-0.05, 0) is 18.5 Å². The molecule has 0 radical (unpaired) electrons. The summed E-state index contributed by atoms with van der Waals surface area (Å²) >= 11 is 0. The van der Waals surface area contributed by atoms with E-state index in [9.17, 15) is 0 Å². The maximum absolute atomic E-state index is 5.44. The zero-order valence-corrected chi connectivity index (χ0v) is 7.91. The van der Waals surface area contributed by atoms with Gasteiger partial charge in [0.2, 0.25) is 11.8 Å². The number of ether oxygens (including phenoxy) is 2. The number of nitrogens with zero attached hydrogens (tertiary/aromatic N) is 1. The van der Waals surface area contributed by atoms with Gasteiger partial charge in [-0.2, -0.15) is 4.98 Å². The smallest absolute Gasteiger partial charge is 0.216 e. The molecule has 0 atom stereocenters. The van der Waals surface area contributed by atoms with E-state index in [1.165, 1.54) is 0 Å². The second kappa shape index (κ2) is 4.67. The average Bonchev–Trinajstić information content (AvgIpc) is 2.17. The molecular weight excluding hydrogens is 168 g/mol. The van der Waals surface area contributed by atoms with Crippen LogP contribution in [0.4, 0.5) is 0 Å². The maximum Gasteiger partial charge on any atom is 0.216 e. The molecule has 0 spiro atoms. The molecule has 1 aromatic heterocycles. The lowest BCUT2D eigenvalue weighted by Gasteiger charge is -2.05. The molecule has 0 aromatic carbocycles. The summed E-state index contributed by atoms with van der Waals surface area (Å²) < 4.78 is 10.0. The summed E-state index contributed by atoms with van der Waals surface area (Å²) in [6, 6.07) is 3.71. The van der Waals surface area contributed by atoms with Crippen molar-refractivity contribution in [1.82, 2.24) is 4.98 Å². The third kappa shape index (κ3) is 2.59. The molecule has 0 bridgehead atoms. The van der Waals surface area contributed by atoms with E-state index >= 15 is 0 Å². The van der Waals surface area contributed by atoms with E-state index in [-0.39, 0.29) is 0 Å². The topological polar surface area (TPSA) is 57.4 Å². The predicted molar refractivity (Wildman–Crippen MR) is 50.1 cm³/mol. The van der Waals surface area contributed by atoms with Crippen LogP contribution in [0.1, 0.15) is 5.56 Å². The van der Waals surface area contributed by atoms with Crippen LogP contribution < -0.4 is 15.2 Å². The van der Waals surface area contributed by atoms with Crippen molar-refractivity contribution >= 4 is 0 Å². The van der Waals surface area contributed by atoms with Gasteiger partial charge in [0.25, 0.3) is 0 Å². The van der Waals surface area contributed by atoms with Gasteiger partial charge >= 0.3 is 0 Å². The fraction of sp³-hybridized carbons (Fsp3) is 0.444. The molecule has 0 amide bonds. The first-order chi connectivity index (χ1) is 6.30. The third-order valence-corrected chi connectivity index (χ3v) is 1.69. The van der Waals surface area contributed by atoms with E-state index in [2.05, 4.69) is 4.98 Å². The molecule has 2 N–H and O–H groups in total. The third-order valence-electron chi connectivity index (χ3n) is 1.69. The lowest BCUT2D eigenvalue weighted by atomic mass is 10.2. The van der Waals surface area contributed by atoms with Crippen LogP contribution in [0.2, 0.25) is 0 Å². The van der Waals surface area contributed by atoms with Crippen molar-refractivity contribution in [2.45, 2.75) is 6.42 Å². The summed E-state index contributed by atoms with van der Waals surface area (Å²) in [6.45, 7) is 0.607. The van der Waals surface area contributed by atoms with Crippen LogP contribution in [-0.2, 0) is 6.42 Å². The molecular formula is C9H14N2O2. The minimum absolute atomic E-state index is 0.558. The fourth-order valence-corrected chi connectivity index (χ4v) is 1.05. The Morgan fingerprint density at radius 2 is 1.77 bits per heavy atom. The van der Waals surface area contributed by atoms with Crippen LogP contribution in [0, 0.1) is 0 Å². The number of hydrogen-bond acceptors (Lipinski definition) is 4. The van der Waals surface area contributed by atoms with Gasteiger partial charge in [0.15, 0.2) is 0 Å². The van der Waals surface area contributed by atoms with Gasteiger partial charge in [0.1, 0.15) is 0 Å². The van der Waals surface area contributed by atoms with Crippen molar-refractivity contribution in [3.05, 3.63) is 17.7 Å². The number of aromatic nitrogens is 1. The number of hydrogen-bond donors (Lipinski definition) is 1. The predicted octanol–water partition coefficient (Wildman–Crippen LogP) is 0.600. The average molecular weight is 182 g/mol. The zero-order valence-electron chi connectivity index (χ0n) is 7.91.